The number of hydrogen-bond acceptors (Lipinski definition) is 5. The lowest BCUT2D eigenvalue weighted by molar-refractivity contribution is -0.114. The topological polar surface area (TPSA) is 54.0 Å². The van der Waals surface area contributed by atoms with Crippen LogP contribution in [0, 0.1) is 11.8 Å². The first-order valence-electron chi connectivity index (χ1n) is 8.99. The average Bonchev–Trinajstić information content (AvgIpc) is 3.06. The second-order valence-electron chi connectivity index (χ2n) is 7.49. The zero-order chi connectivity index (χ0) is 18.5. The highest BCUT2D eigenvalue weighted by atomic mass is 16.7. The Balaban J connectivity index is 2.02. The summed E-state index contributed by atoms with van der Waals surface area (Å²) in [5.74, 6) is 3.28. The number of ketones is 1. The SMILES string of the molecule is COC1=C[C@@]2(C=CC1=O)C[C@@H](C)[C@H](C)Cc1cc3c(c(OC)c12)OCO3. The third kappa shape index (κ3) is 2.41. The molecule has 1 aromatic carbocycles. The minimum absolute atomic E-state index is 0.107. The van der Waals surface area contributed by atoms with E-state index in [4.69, 9.17) is 18.9 Å². The second-order valence-corrected chi connectivity index (χ2v) is 7.49. The number of ether oxygens (including phenoxy) is 4. The molecule has 4 rings (SSSR count). The van der Waals surface area contributed by atoms with E-state index in [-0.39, 0.29) is 12.6 Å². The summed E-state index contributed by atoms with van der Waals surface area (Å²) in [7, 11) is 3.19. The number of benzene rings is 1. The number of carbonyl (C=O) groups excluding carboxylic acids is 1. The van der Waals surface area contributed by atoms with Gasteiger partial charge >= 0.3 is 0 Å². The zero-order valence-corrected chi connectivity index (χ0v) is 15.6. The van der Waals surface area contributed by atoms with Gasteiger partial charge in [-0.15, -0.1) is 0 Å². The van der Waals surface area contributed by atoms with Gasteiger partial charge in [-0.25, -0.2) is 0 Å². The molecule has 5 nitrogen and oxygen atoms in total. The largest absolute Gasteiger partial charge is 0.493 e. The Bertz CT molecular complexity index is 822. The van der Waals surface area contributed by atoms with Crippen molar-refractivity contribution >= 4 is 5.78 Å². The van der Waals surface area contributed by atoms with Crippen LogP contribution in [0.15, 0.2) is 30.1 Å². The molecular formula is C21H24O5. The van der Waals surface area contributed by atoms with Gasteiger partial charge in [0.1, 0.15) is 0 Å². The van der Waals surface area contributed by atoms with Crippen LogP contribution in [0.4, 0.5) is 0 Å². The molecule has 0 saturated heterocycles. The molecule has 0 N–H and O–H groups in total. The Morgan fingerprint density at radius 1 is 1.15 bits per heavy atom. The monoisotopic (exact) mass is 356 g/mol. The van der Waals surface area contributed by atoms with E-state index in [0.717, 1.165) is 24.2 Å². The Morgan fingerprint density at radius 3 is 2.69 bits per heavy atom. The molecule has 0 saturated carbocycles. The van der Waals surface area contributed by atoms with Crippen molar-refractivity contribution in [3.05, 3.63) is 41.2 Å². The van der Waals surface area contributed by atoms with Gasteiger partial charge in [0, 0.05) is 11.0 Å². The summed E-state index contributed by atoms with van der Waals surface area (Å²) in [5.41, 5.74) is 1.76. The van der Waals surface area contributed by atoms with Gasteiger partial charge in [-0.2, -0.15) is 0 Å². The molecule has 138 valence electrons. The summed E-state index contributed by atoms with van der Waals surface area (Å²) in [6.07, 6.45) is 7.36. The van der Waals surface area contributed by atoms with Gasteiger partial charge in [-0.05, 0) is 48.5 Å². The molecule has 1 aliphatic heterocycles. The van der Waals surface area contributed by atoms with Crippen molar-refractivity contribution in [2.24, 2.45) is 11.8 Å². The minimum atomic E-state index is -0.467. The average molecular weight is 356 g/mol. The van der Waals surface area contributed by atoms with Crippen LogP contribution in [0.2, 0.25) is 0 Å². The van der Waals surface area contributed by atoms with E-state index in [1.807, 2.05) is 12.2 Å². The molecule has 0 unspecified atom stereocenters. The lowest BCUT2D eigenvalue weighted by Crippen LogP contribution is -2.29. The van der Waals surface area contributed by atoms with Crippen molar-refractivity contribution in [2.75, 3.05) is 21.0 Å². The molecule has 1 aromatic rings. The van der Waals surface area contributed by atoms with Gasteiger partial charge in [0.15, 0.2) is 17.3 Å². The molecule has 0 amide bonds. The highest BCUT2D eigenvalue weighted by Crippen LogP contribution is 2.54. The van der Waals surface area contributed by atoms with E-state index < -0.39 is 5.41 Å². The van der Waals surface area contributed by atoms with Gasteiger partial charge in [0.2, 0.25) is 18.3 Å². The van der Waals surface area contributed by atoms with Gasteiger partial charge in [-0.1, -0.05) is 19.9 Å². The van der Waals surface area contributed by atoms with E-state index in [2.05, 4.69) is 19.9 Å². The van der Waals surface area contributed by atoms with Crippen LogP contribution in [0.3, 0.4) is 0 Å². The van der Waals surface area contributed by atoms with Crippen molar-refractivity contribution in [2.45, 2.75) is 32.1 Å². The van der Waals surface area contributed by atoms with Crippen LogP contribution < -0.4 is 14.2 Å². The Morgan fingerprint density at radius 2 is 1.96 bits per heavy atom. The summed E-state index contributed by atoms with van der Waals surface area (Å²) in [4.78, 5) is 12.2. The van der Waals surface area contributed by atoms with E-state index in [0.29, 0.717) is 29.1 Å². The number of allylic oxidation sites excluding steroid dienone is 3. The molecule has 0 radical (unpaired) electrons. The van der Waals surface area contributed by atoms with Crippen LogP contribution in [0.1, 0.15) is 31.4 Å². The fraction of sp³-hybridized carbons (Fsp3) is 0.476. The number of rotatable bonds is 2. The van der Waals surface area contributed by atoms with Gasteiger partial charge in [0.25, 0.3) is 0 Å². The second kappa shape index (κ2) is 6.08. The maximum atomic E-state index is 12.2. The van der Waals surface area contributed by atoms with Crippen LogP contribution in [0.25, 0.3) is 0 Å². The van der Waals surface area contributed by atoms with Crippen LogP contribution >= 0.6 is 0 Å². The first kappa shape index (κ1) is 17.0. The van der Waals surface area contributed by atoms with Gasteiger partial charge in [0.05, 0.1) is 14.2 Å². The van der Waals surface area contributed by atoms with E-state index in [9.17, 15) is 4.79 Å². The maximum Gasteiger partial charge on any atom is 0.231 e. The number of hydrogen-bond donors (Lipinski definition) is 0. The predicted octanol–water partition coefficient (Wildman–Crippen LogP) is 3.55. The predicted molar refractivity (Wildman–Crippen MR) is 96.7 cm³/mol. The van der Waals surface area contributed by atoms with E-state index >= 15 is 0 Å². The molecule has 1 spiro atoms. The Labute approximate surface area is 153 Å². The molecule has 26 heavy (non-hydrogen) atoms. The smallest absolute Gasteiger partial charge is 0.231 e. The summed E-state index contributed by atoms with van der Waals surface area (Å²) in [5, 5.41) is 0. The number of carbonyl (C=O) groups is 1. The first-order valence-corrected chi connectivity index (χ1v) is 8.99. The van der Waals surface area contributed by atoms with E-state index in [1.165, 1.54) is 12.7 Å². The number of methoxy groups -OCH3 is 2. The molecule has 5 heteroatoms. The standard InChI is InChI=1S/C21H24O5/c1-12-7-14-8-16-19(26-11-25-16)20(24-4)18(14)21(9-13(12)2)6-5-15(22)17(10-21)23-3/h5-6,8,10,12-13H,7,9,11H2,1-4H3/t12-,13-,21-/m1/s1. The van der Waals surface area contributed by atoms with Crippen LogP contribution in [-0.2, 0) is 21.4 Å². The van der Waals surface area contributed by atoms with Crippen molar-refractivity contribution < 1.29 is 23.7 Å². The molecule has 3 aliphatic rings. The molecule has 0 bridgehead atoms. The molecular weight excluding hydrogens is 332 g/mol. The maximum absolute atomic E-state index is 12.2. The molecule has 3 atom stereocenters. The Hall–Kier alpha value is -2.43. The highest BCUT2D eigenvalue weighted by molar-refractivity contribution is 6.04. The van der Waals surface area contributed by atoms with Crippen molar-refractivity contribution in [1.82, 2.24) is 0 Å². The lowest BCUT2D eigenvalue weighted by atomic mass is 9.70. The van der Waals surface area contributed by atoms with Crippen molar-refractivity contribution in [3.8, 4) is 17.2 Å². The summed E-state index contributed by atoms with van der Waals surface area (Å²) < 4.78 is 22.5. The Kier molecular flexibility index (Phi) is 3.98. The molecule has 0 fully saturated rings. The van der Waals surface area contributed by atoms with Crippen molar-refractivity contribution in [1.29, 1.82) is 0 Å². The zero-order valence-electron chi connectivity index (χ0n) is 15.6. The van der Waals surface area contributed by atoms with Gasteiger partial charge < -0.3 is 18.9 Å². The van der Waals surface area contributed by atoms with Crippen LogP contribution in [0.5, 0.6) is 17.2 Å². The summed E-state index contributed by atoms with van der Waals surface area (Å²) in [6, 6.07) is 2.07. The van der Waals surface area contributed by atoms with E-state index in [1.54, 1.807) is 13.2 Å². The fourth-order valence-electron chi connectivity index (χ4n) is 4.41. The molecule has 2 aliphatic carbocycles. The fourth-order valence-corrected chi connectivity index (χ4v) is 4.41. The quantitative estimate of drug-likeness (QED) is 0.811. The van der Waals surface area contributed by atoms with Crippen molar-refractivity contribution in [3.63, 3.8) is 0 Å². The normalized spacial score (nSPS) is 29.2. The minimum Gasteiger partial charge on any atom is -0.493 e. The third-order valence-electron chi connectivity index (χ3n) is 5.93. The molecule has 0 aromatic heterocycles. The highest BCUT2D eigenvalue weighted by Gasteiger charge is 2.43. The lowest BCUT2D eigenvalue weighted by Gasteiger charge is -2.34. The van der Waals surface area contributed by atoms with Crippen LogP contribution in [-0.4, -0.2) is 26.8 Å². The third-order valence-corrected chi connectivity index (χ3v) is 5.93. The molecule has 1 heterocycles. The summed E-state index contributed by atoms with van der Waals surface area (Å²) >= 11 is 0. The number of fused-ring (bicyclic) bond motifs is 3. The summed E-state index contributed by atoms with van der Waals surface area (Å²) in [6.45, 7) is 4.72. The first-order chi connectivity index (χ1) is 12.5. The van der Waals surface area contributed by atoms with Gasteiger partial charge in [-0.3, -0.25) is 4.79 Å².